The SMILES string of the molecule is COCc1cc(N2[C@@H]3CC[C@@H]2C=C(c2ccccc2)C3)n2ncnc2n1. The van der Waals surface area contributed by atoms with Gasteiger partial charge in [-0.05, 0) is 30.4 Å². The highest BCUT2D eigenvalue weighted by molar-refractivity contribution is 5.71. The van der Waals surface area contributed by atoms with E-state index in [1.54, 1.807) is 13.4 Å². The third kappa shape index (κ3) is 2.49. The number of rotatable bonds is 4. The Bertz CT molecular complexity index is 965. The maximum absolute atomic E-state index is 5.29. The lowest BCUT2D eigenvalue weighted by molar-refractivity contribution is 0.181. The standard InChI is InChI=1S/C20H21N5O/c1-26-12-16-11-19(25-20(23-16)21-13-22-25)24-17-7-8-18(24)10-15(9-17)14-5-3-2-4-6-14/h2-6,9,11,13,17-18H,7-8,10,12H2,1H3/t17-,18-/m1/s1. The molecule has 0 radical (unpaired) electrons. The molecule has 0 N–H and O–H groups in total. The lowest BCUT2D eigenvalue weighted by atomic mass is 9.95. The van der Waals surface area contributed by atoms with Crippen molar-refractivity contribution < 1.29 is 4.74 Å². The lowest BCUT2D eigenvalue weighted by Gasteiger charge is -2.36. The monoisotopic (exact) mass is 347 g/mol. The largest absolute Gasteiger partial charge is 0.378 e. The first kappa shape index (κ1) is 15.5. The molecule has 4 heterocycles. The van der Waals surface area contributed by atoms with Crippen molar-refractivity contribution in [2.45, 2.75) is 38.0 Å². The zero-order chi connectivity index (χ0) is 17.5. The molecule has 6 nitrogen and oxygen atoms in total. The topological polar surface area (TPSA) is 55.6 Å². The molecule has 2 bridgehead atoms. The summed E-state index contributed by atoms with van der Waals surface area (Å²) in [6.45, 7) is 0.477. The van der Waals surface area contributed by atoms with E-state index in [4.69, 9.17) is 4.74 Å². The normalized spacial score (nSPS) is 22.0. The van der Waals surface area contributed by atoms with E-state index < -0.39 is 0 Å². The summed E-state index contributed by atoms with van der Waals surface area (Å²) in [7, 11) is 1.69. The highest BCUT2D eigenvalue weighted by Crippen LogP contribution is 2.41. The van der Waals surface area contributed by atoms with Crippen molar-refractivity contribution in [3.8, 4) is 0 Å². The van der Waals surface area contributed by atoms with Crippen LogP contribution in [0.3, 0.4) is 0 Å². The van der Waals surface area contributed by atoms with Gasteiger partial charge in [-0.1, -0.05) is 36.4 Å². The van der Waals surface area contributed by atoms with E-state index in [1.807, 2.05) is 4.52 Å². The second kappa shape index (κ2) is 6.21. The smallest absolute Gasteiger partial charge is 0.254 e. The molecule has 2 aliphatic heterocycles. The molecule has 2 aromatic heterocycles. The van der Waals surface area contributed by atoms with Crippen molar-refractivity contribution in [1.29, 1.82) is 0 Å². The van der Waals surface area contributed by atoms with E-state index in [0.717, 1.165) is 17.9 Å². The van der Waals surface area contributed by atoms with E-state index in [2.05, 4.69) is 62.4 Å². The van der Waals surface area contributed by atoms with Gasteiger partial charge in [-0.15, -0.1) is 0 Å². The van der Waals surface area contributed by atoms with Gasteiger partial charge in [0.25, 0.3) is 5.78 Å². The van der Waals surface area contributed by atoms with Gasteiger partial charge in [0.05, 0.1) is 12.3 Å². The van der Waals surface area contributed by atoms with Crippen LogP contribution in [0.1, 0.15) is 30.5 Å². The second-order valence-electron chi connectivity index (χ2n) is 6.98. The van der Waals surface area contributed by atoms with Crippen LogP contribution in [0.4, 0.5) is 5.82 Å². The summed E-state index contributed by atoms with van der Waals surface area (Å²) < 4.78 is 7.14. The lowest BCUT2D eigenvalue weighted by Crippen LogP contribution is -2.39. The van der Waals surface area contributed by atoms with Crippen LogP contribution in [0.25, 0.3) is 11.4 Å². The highest BCUT2D eigenvalue weighted by Gasteiger charge is 2.38. The molecule has 3 aromatic rings. The maximum Gasteiger partial charge on any atom is 0.254 e. The van der Waals surface area contributed by atoms with E-state index in [-0.39, 0.29) is 0 Å². The van der Waals surface area contributed by atoms with Crippen LogP contribution in [0.5, 0.6) is 0 Å². The molecule has 0 spiro atoms. The van der Waals surface area contributed by atoms with Crippen molar-refractivity contribution in [1.82, 2.24) is 19.6 Å². The Hall–Kier alpha value is -2.73. The first-order valence-electron chi connectivity index (χ1n) is 9.06. The number of methoxy groups -OCH3 is 1. The number of aromatic nitrogens is 4. The quantitative estimate of drug-likeness (QED) is 0.726. The number of anilines is 1. The predicted molar refractivity (Wildman–Crippen MR) is 99.8 cm³/mol. The summed E-state index contributed by atoms with van der Waals surface area (Å²) in [4.78, 5) is 11.3. The summed E-state index contributed by atoms with van der Waals surface area (Å²) in [5.74, 6) is 1.70. The second-order valence-corrected chi connectivity index (χ2v) is 6.98. The van der Waals surface area contributed by atoms with E-state index in [1.165, 1.54) is 24.0 Å². The number of hydrogen-bond donors (Lipinski definition) is 0. The van der Waals surface area contributed by atoms with Crippen molar-refractivity contribution in [3.63, 3.8) is 0 Å². The fraction of sp³-hybridized carbons (Fsp3) is 0.350. The molecule has 0 aliphatic carbocycles. The van der Waals surface area contributed by atoms with Gasteiger partial charge in [0.15, 0.2) is 0 Å². The van der Waals surface area contributed by atoms with E-state index >= 15 is 0 Å². The average molecular weight is 347 g/mol. The average Bonchev–Trinajstić information content (AvgIpc) is 3.24. The Morgan fingerprint density at radius 2 is 2.08 bits per heavy atom. The molecule has 5 rings (SSSR count). The van der Waals surface area contributed by atoms with E-state index in [0.29, 0.717) is 24.5 Å². The number of hydrogen-bond acceptors (Lipinski definition) is 5. The summed E-state index contributed by atoms with van der Waals surface area (Å²) in [6.07, 6.45) is 7.41. The van der Waals surface area contributed by atoms with Gasteiger partial charge in [-0.2, -0.15) is 14.6 Å². The Morgan fingerprint density at radius 3 is 2.88 bits per heavy atom. The van der Waals surface area contributed by atoms with Crippen LogP contribution in [0, 0.1) is 0 Å². The Morgan fingerprint density at radius 1 is 1.19 bits per heavy atom. The molecular weight excluding hydrogens is 326 g/mol. The Kier molecular flexibility index (Phi) is 3.71. The van der Waals surface area contributed by atoms with Crippen molar-refractivity contribution in [2.24, 2.45) is 0 Å². The molecule has 1 fully saturated rings. The van der Waals surface area contributed by atoms with Gasteiger partial charge < -0.3 is 9.64 Å². The summed E-state index contributed by atoms with van der Waals surface area (Å²) in [5, 5.41) is 4.41. The molecule has 6 heteroatoms. The van der Waals surface area contributed by atoms with E-state index in [9.17, 15) is 0 Å². The Labute approximate surface area is 152 Å². The van der Waals surface area contributed by atoms with Gasteiger partial charge in [-0.25, -0.2) is 4.98 Å². The fourth-order valence-electron chi connectivity index (χ4n) is 4.30. The van der Waals surface area contributed by atoms with Crippen LogP contribution in [0.2, 0.25) is 0 Å². The fourth-order valence-corrected chi connectivity index (χ4v) is 4.30. The van der Waals surface area contributed by atoms with Crippen LogP contribution in [0.15, 0.2) is 48.8 Å². The molecule has 0 saturated carbocycles. The van der Waals surface area contributed by atoms with Crippen LogP contribution in [-0.2, 0) is 11.3 Å². The molecule has 2 aliphatic rings. The summed E-state index contributed by atoms with van der Waals surface area (Å²) >= 11 is 0. The van der Waals surface area contributed by atoms with Crippen LogP contribution in [-0.4, -0.2) is 38.8 Å². The zero-order valence-electron chi connectivity index (χ0n) is 14.7. The minimum Gasteiger partial charge on any atom is -0.378 e. The number of benzene rings is 1. The molecular formula is C20H21N5O. The molecule has 26 heavy (non-hydrogen) atoms. The van der Waals surface area contributed by atoms with Crippen molar-refractivity contribution in [3.05, 3.63) is 60.1 Å². The molecule has 1 aromatic carbocycles. The van der Waals surface area contributed by atoms with Crippen LogP contribution >= 0.6 is 0 Å². The minimum atomic E-state index is 0.383. The first-order chi connectivity index (χ1) is 12.8. The van der Waals surface area contributed by atoms with Crippen LogP contribution < -0.4 is 4.90 Å². The molecule has 2 atom stereocenters. The first-order valence-corrected chi connectivity index (χ1v) is 9.06. The molecule has 1 saturated heterocycles. The maximum atomic E-state index is 5.29. The van der Waals surface area contributed by atoms with Gasteiger partial charge in [0.1, 0.15) is 12.1 Å². The van der Waals surface area contributed by atoms with Gasteiger partial charge in [-0.3, -0.25) is 0 Å². The number of fused-ring (bicyclic) bond motifs is 3. The van der Waals surface area contributed by atoms with Crippen molar-refractivity contribution in [2.75, 3.05) is 12.0 Å². The third-order valence-corrected chi connectivity index (χ3v) is 5.38. The van der Waals surface area contributed by atoms with Crippen molar-refractivity contribution >= 4 is 17.2 Å². The number of ether oxygens (including phenoxy) is 1. The van der Waals surface area contributed by atoms with Gasteiger partial charge >= 0.3 is 0 Å². The summed E-state index contributed by atoms with van der Waals surface area (Å²) in [6, 6.07) is 13.7. The Balaban J connectivity index is 1.57. The van der Waals surface area contributed by atoms with Gasteiger partial charge in [0.2, 0.25) is 0 Å². The minimum absolute atomic E-state index is 0.383. The number of nitrogens with zero attached hydrogens (tertiary/aromatic N) is 5. The molecule has 0 unspecified atom stereocenters. The third-order valence-electron chi connectivity index (χ3n) is 5.38. The highest BCUT2D eigenvalue weighted by atomic mass is 16.5. The zero-order valence-corrected chi connectivity index (χ0v) is 14.7. The summed E-state index contributed by atoms with van der Waals surface area (Å²) in [5.41, 5.74) is 3.68. The molecule has 0 amide bonds. The molecule has 132 valence electrons. The van der Waals surface area contributed by atoms with Gasteiger partial charge in [0, 0.05) is 25.3 Å². The predicted octanol–water partition coefficient (Wildman–Crippen LogP) is 3.10.